The summed E-state index contributed by atoms with van der Waals surface area (Å²) >= 11 is 1.49. The van der Waals surface area contributed by atoms with Crippen LogP contribution in [0.5, 0.6) is 0 Å². The summed E-state index contributed by atoms with van der Waals surface area (Å²) in [7, 11) is 0. The normalized spacial score (nSPS) is 14.5. The first-order valence-electron chi connectivity index (χ1n) is 5.36. The van der Waals surface area contributed by atoms with E-state index in [1.165, 1.54) is 17.5 Å². The van der Waals surface area contributed by atoms with Crippen molar-refractivity contribution < 1.29 is 4.79 Å². The molecule has 0 unspecified atom stereocenters. The number of thiophene rings is 1. The van der Waals surface area contributed by atoms with E-state index in [9.17, 15) is 4.79 Å². The van der Waals surface area contributed by atoms with Gasteiger partial charge in [-0.15, -0.1) is 11.3 Å². The summed E-state index contributed by atoms with van der Waals surface area (Å²) in [6.45, 7) is 0. The van der Waals surface area contributed by atoms with E-state index in [2.05, 4.69) is 16.4 Å². The number of anilines is 1. The number of carbonyl (C=O) groups is 1. The van der Waals surface area contributed by atoms with E-state index in [1.807, 2.05) is 5.38 Å². The largest absolute Gasteiger partial charge is 0.323 e. The lowest BCUT2D eigenvalue weighted by Gasteiger charge is -2.01. The van der Waals surface area contributed by atoms with Crippen LogP contribution in [0.15, 0.2) is 17.6 Å². The summed E-state index contributed by atoms with van der Waals surface area (Å²) in [5.74, 6) is 0.263. The Bertz CT molecular complexity index is 637. The average Bonchev–Trinajstić information content (AvgIpc) is 3.13. The molecule has 1 saturated carbocycles. The fourth-order valence-electron chi connectivity index (χ4n) is 1.65. The van der Waals surface area contributed by atoms with Gasteiger partial charge in [0.15, 0.2) is 0 Å². The zero-order valence-corrected chi connectivity index (χ0v) is 9.75. The van der Waals surface area contributed by atoms with Crippen LogP contribution in [0, 0.1) is 17.2 Å². The number of pyridine rings is 1. The molecule has 0 saturated heterocycles. The number of nitrogens with one attached hydrogen (secondary N) is 1. The number of aromatic nitrogens is 1. The predicted molar refractivity (Wildman–Crippen MR) is 65.7 cm³/mol. The van der Waals surface area contributed by atoms with Gasteiger partial charge in [-0.3, -0.25) is 9.78 Å². The van der Waals surface area contributed by atoms with Crippen molar-refractivity contribution in [1.82, 2.24) is 4.98 Å². The first kappa shape index (κ1) is 10.2. The van der Waals surface area contributed by atoms with Gasteiger partial charge in [-0.25, -0.2) is 0 Å². The van der Waals surface area contributed by atoms with E-state index in [4.69, 9.17) is 5.26 Å². The zero-order valence-electron chi connectivity index (χ0n) is 8.93. The molecule has 0 atom stereocenters. The maximum absolute atomic E-state index is 11.7. The third-order valence-corrected chi connectivity index (χ3v) is 3.67. The van der Waals surface area contributed by atoms with E-state index in [-0.39, 0.29) is 11.8 Å². The lowest BCUT2D eigenvalue weighted by molar-refractivity contribution is -0.117. The lowest BCUT2D eigenvalue weighted by Crippen LogP contribution is -2.12. The fraction of sp³-hybridized carbons (Fsp3) is 0.250. The van der Waals surface area contributed by atoms with Gasteiger partial charge < -0.3 is 5.32 Å². The minimum atomic E-state index is 0.0795. The molecule has 2 aromatic heterocycles. The van der Waals surface area contributed by atoms with Gasteiger partial charge in [0.2, 0.25) is 5.91 Å². The molecule has 84 valence electrons. The Hall–Kier alpha value is -1.93. The second kappa shape index (κ2) is 3.82. The molecule has 2 aromatic rings. The van der Waals surface area contributed by atoms with Gasteiger partial charge in [-0.2, -0.15) is 5.26 Å². The number of hydrogen-bond acceptors (Lipinski definition) is 4. The summed E-state index contributed by atoms with van der Waals surface area (Å²) in [6, 6.07) is 3.85. The standard InChI is InChI=1S/C12H9N3OS/c13-4-7-3-10-11(14-5-7)9(6-17-10)15-12(16)8-1-2-8/h3,5-6,8H,1-2H2,(H,15,16). The maximum Gasteiger partial charge on any atom is 0.227 e. The van der Waals surface area contributed by atoms with Crippen molar-refractivity contribution in [2.75, 3.05) is 5.32 Å². The van der Waals surface area contributed by atoms with Gasteiger partial charge in [-0.05, 0) is 18.9 Å². The van der Waals surface area contributed by atoms with Crippen LogP contribution >= 0.6 is 11.3 Å². The molecule has 1 N–H and O–H groups in total. The van der Waals surface area contributed by atoms with E-state index in [0.717, 1.165) is 28.7 Å². The second-order valence-electron chi connectivity index (χ2n) is 4.10. The molecule has 4 nitrogen and oxygen atoms in total. The third kappa shape index (κ3) is 1.87. The molecule has 1 amide bonds. The number of nitrogens with zero attached hydrogens (tertiary/aromatic N) is 2. The molecule has 0 radical (unpaired) electrons. The van der Waals surface area contributed by atoms with E-state index in [0.29, 0.717) is 5.56 Å². The summed E-state index contributed by atoms with van der Waals surface area (Å²) < 4.78 is 0.926. The number of hydrogen-bond donors (Lipinski definition) is 1. The molecule has 5 heteroatoms. The molecule has 2 heterocycles. The zero-order chi connectivity index (χ0) is 11.8. The van der Waals surface area contributed by atoms with E-state index in [1.54, 1.807) is 6.07 Å². The molecule has 0 aliphatic heterocycles. The number of nitriles is 1. The molecule has 0 spiro atoms. The van der Waals surface area contributed by atoms with Crippen molar-refractivity contribution in [2.45, 2.75) is 12.8 Å². The van der Waals surface area contributed by atoms with Gasteiger partial charge >= 0.3 is 0 Å². The molecule has 1 fully saturated rings. The predicted octanol–water partition coefficient (Wildman–Crippen LogP) is 2.52. The summed E-state index contributed by atoms with van der Waals surface area (Å²) in [4.78, 5) is 15.9. The Balaban J connectivity index is 1.95. The average molecular weight is 243 g/mol. The van der Waals surface area contributed by atoms with Crippen molar-refractivity contribution in [1.29, 1.82) is 5.26 Å². The minimum absolute atomic E-state index is 0.0795. The Kier molecular flexibility index (Phi) is 2.30. The van der Waals surface area contributed by atoms with Gasteiger partial charge in [-0.1, -0.05) is 0 Å². The molecule has 0 bridgehead atoms. The van der Waals surface area contributed by atoms with Crippen molar-refractivity contribution in [3.05, 3.63) is 23.2 Å². The highest BCUT2D eigenvalue weighted by Gasteiger charge is 2.30. The molecule has 3 rings (SSSR count). The Labute approximate surface area is 102 Å². The van der Waals surface area contributed by atoms with Crippen LogP contribution in [0.2, 0.25) is 0 Å². The Morgan fingerprint density at radius 2 is 2.41 bits per heavy atom. The van der Waals surface area contributed by atoms with Gasteiger partial charge in [0.25, 0.3) is 0 Å². The van der Waals surface area contributed by atoms with Crippen LogP contribution in [-0.4, -0.2) is 10.9 Å². The molecular weight excluding hydrogens is 234 g/mol. The summed E-state index contributed by atoms with van der Waals surface area (Å²) in [6.07, 6.45) is 3.50. The van der Waals surface area contributed by atoms with Crippen LogP contribution in [0.25, 0.3) is 10.2 Å². The van der Waals surface area contributed by atoms with Gasteiger partial charge in [0.1, 0.15) is 11.6 Å². The molecule has 1 aliphatic rings. The van der Waals surface area contributed by atoms with Crippen molar-refractivity contribution in [3.63, 3.8) is 0 Å². The maximum atomic E-state index is 11.7. The van der Waals surface area contributed by atoms with E-state index < -0.39 is 0 Å². The van der Waals surface area contributed by atoms with E-state index >= 15 is 0 Å². The molecule has 0 aromatic carbocycles. The van der Waals surface area contributed by atoms with Crippen LogP contribution in [0.3, 0.4) is 0 Å². The first-order valence-corrected chi connectivity index (χ1v) is 6.24. The molecule has 17 heavy (non-hydrogen) atoms. The summed E-state index contributed by atoms with van der Waals surface area (Å²) in [5.41, 5.74) is 2.06. The topological polar surface area (TPSA) is 65.8 Å². The highest BCUT2D eigenvalue weighted by atomic mass is 32.1. The second-order valence-corrected chi connectivity index (χ2v) is 5.01. The third-order valence-electron chi connectivity index (χ3n) is 2.75. The van der Waals surface area contributed by atoms with Crippen molar-refractivity contribution in [3.8, 4) is 6.07 Å². The van der Waals surface area contributed by atoms with Gasteiger partial charge in [0.05, 0.1) is 16.0 Å². The van der Waals surface area contributed by atoms with Crippen LogP contribution in [-0.2, 0) is 4.79 Å². The highest BCUT2D eigenvalue weighted by Crippen LogP contribution is 2.33. The van der Waals surface area contributed by atoms with Crippen molar-refractivity contribution in [2.24, 2.45) is 5.92 Å². The quantitative estimate of drug-likeness (QED) is 0.881. The first-order chi connectivity index (χ1) is 8.28. The van der Waals surface area contributed by atoms with Gasteiger partial charge in [0, 0.05) is 17.5 Å². The number of carbonyl (C=O) groups excluding carboxylic acids is 1. The monoisotopic (exact) mass is 243 g/mol. The highest BCUT2D eigenvalue weighted by molar-refractivity contribution is 7.17. The van der Waals surface area contributed by atoms with Crippen molar-refractivity contribution >= 4 is 33.1 Å². The number of fused-ring (bicyclic) bond motifs is 1. The molecular formula is C12H9N3OS. The minimum Gasteiger partial charge on any atom is -0.323 e. The molecule has 1 aliphatic carbocycles. The fourth-order valence-corrected chi connectivity index (χ4v) is 2.53. The van der Waals surface area contributed by atoms with Crippen LogP contribution in [0.1, 0.15) is 18.4 Å². The smallest absolute Gasteiger partial charge is 0.227 e. The SMILES string of the molecule is N#Cc1cnc2c(NC(=O)C3CC3)csc2c1. The lowest BCUT2D eigenvalue weighted by atomic mass is 10.3. The van der Waals surface area contributed by atoms with Crippen LogP contribution in [0.4, 0.5) is 5.69 Å². The summed E-state index contributed by atoms with van der Waals surface area (Å²) in [5, 5.41) is 13.5. The Morgan fingerprint density at radius 3 is 3.12 bits per heavy atom. The van der Waals surface area contributed by atoms with Crippen LogP contribution < -0.4 is 5.32 Å². The Morgan fingerprint density at radius 1 is 1.59 bits per heavy atom. The number of amides is 1. The number of rotatable bonds is 2.